The first kappa shape index (κ1) is 17.8. The first-order chi connectivity index (χ1) is 10.1. The van der Waals surface area contributed by atoms with Gasteiger partial charge in [-0.1, -0.05) is 19.8 Å². The van der Waals surface area contributed by atoms with E-state index in [1.165, 1.54) is 12.8 Å². The maximum atomic E-state index is 11.6. The fraction of sp³-hybridized carbons (Fsp3) is 0.867. The molecule has 0 aromatic heterocycles. The average Bonchev–Trinajstić information content (AvgIpc) is 2.98. The Kier molecular flexibility index (Phi) is 8.82. The van der Waals surface area contributed by atoms with Crippen molar-refractivity contribution >= 4 is 11.9 Å². The Hall–Kier alpha value is -1.30. The molecule has 21 heavy (non-hydrogen) atoms. The number of carbonyl (C=O) groups excluding carboxylic acids is 1. The first-order valence-electron chi connectivity index (χ1n) is 7.97. The number of carbonyl (C=O) groups is 1. The molecule has 0 spiro atoms. The van der Waals surface area contributed by atoms with Crippen LogP contribution in [-0.2, 0) is 9.53 Å². The molecule has 1 aliphatic heterocycles. The van der Waals surface area contributed by atoms with Gasteiger partial charge in [0.05, 0.1) is 6.10 Å². The van der Waals surface area contributed by atoms with Crippen molar-refractivity contribution in [2.75, 3.05) is 40.3 Å². The molecule has 1 saturated heterocycles. The molecule has 6 heteroatoms. The number of amides is 1. The molecule has 1 rings (SSSR count). The van der Waals surface area contributed by atoms with E-state index in [0.717, 1.165) is 39.0 Å². The predicted molar refractivity (Wildman–Crippen MR) is 85.5 cm³/mol. The Morgan fingerprint density at radius 2 is 2.14 bits per heavy atom. The van der Waals surface area contributed by atoms with Gasteiger partial charge in [-0.25, -0.2) is 4.99 Å². The quantitative estimate of drug-likeness (QED) is 0.398. The second-order valence-corrected chi connectivity index (χ2v) is 5.60. The summed E-state index contributed by atoms with van der Waals surface area (Å²) >= 11 is 0. The zero-order valence-corrected chi connectivity index (χ0v) is 13.7. The van der Waals surface area contributed by atoms with Gasteiger partial charge in [0, 0.05) is 33.8 Å². The SMILES string of the molecule is CCCCCNC(=NCC(=O)N(C)C)NCC1CCCO1. The van der Waals surface area contributed by atoms with Crippen LogP contribution < -0.4 is 10.6 Å². The number of likely N-dealkylation sites (N-methyl/N-ethyl adjacent to an activating group) is 1. The molecule has 1 fully saturated rings. The Morgan fingerprint density at radius 3 is 2.76 bits per heavy atom. The van der Waals surface area contributed by atoms with Crippen LogP contribution >= 0.6 is 0 Å². The average molecular weight is 298 g/mol. The van der Waals surface area contributed by atoms with Crippen molar-refractivity contribution in [3.8, 4) is 0 Å². The summed E-state index contributed by atoms with van der Waals surface area (Å²) in [7, 11) is 3.48. The fourth-order valence-electron chi connectivity index (χ4n) is 2.06. The molecule has 1 amide bonds. The standard InChI is InChI=1S/C15H30N4O2/c1-4-5-6-9-16-15(18-12-14(20)19(2)3)17-11-13-8-7-10-21-13/h13H,4-12H2,1-3H3,(H2,16,17,18). The highest BCUT2D eigenvalue weighted by atomic mass is 16.5. The van der Waals surface area contributed by atoms with Crippen LogP contribution in [0.4, 0.5) is 0 Å². The van der Waals surface area contributed by atoms with Gasteiger partial charge in [-0.05, 0) is 19.3 Å². The van der Waals surface area contributed by atoms with E-state index in [1.807, 2.05) is 0 Å². The molecule has 122 valence electrons. The van der Waals surface area contributed by atoms with Crippen molar-refractivity contribution in [2.45, 2.75) is 45.1 Å². The van der Waals surface area contributed by atoms with Gasteiger partial charge >= 0.3 is 0 Å². The number of hydrogen-bond donors (Lipinski definition) is 2. The normalized spacial score (nSPS) is 18.6. The summed E-state index contributed by atoms with van der Waals surface area (Å²) < 4.78 is 5.59. The van der Waals surface area contributed by atoms with Crippen molar-refractivity contribution in [1.29, 1.82) is 0 Å². The van der Waals surface area contributed by atoms with E-state index in [0.29, 0.717) is 5.96 Å². The summed E-state index contributed by atoms with van der Waals surface area (Å²) in [6, 6.07) is 0. The molecule has 1 atom stereocenters. The lowest BCUT2D eigenvalue weighted by Crippen LogP contribution is -2.42. The molecule has 1 aliphatic rings. The largest absolute Gasteiger partial charge is 0.376 e. The van der Waals surface area contributed by atoms with Gasteiger partial charge in [0.2, 0.25) is 5.91 Å². The number of nitrogens with zero attached hydrogens (tertiary/aromatic N) is 2. The number of aliphatic imine (C=N–C) groups is 1. The molecular formula is C15H30N4O2. The van der Waals surface area contributed by atoms with Gasteiger partial charge in [-0.2, -0.15) is 0 Å². The summed E-state index contributed by atoms with van der Waals surface area (Å²) in [5, 5.41) is 6.56. The second-order valence-electron chi connectivity index (χ2n) is 5.60. The van der Waals surface area contributed by atoms with Gasteiger partial charge in [-0.15, -0.1) is 0 Å². The van der Waals surface area contributed by atoms with E-state index < -0.39 is 0 Å². The maximum absolute atomic E-state index is 11.6. The topological polar surface area (TPSA) is 66.0 Å². The molecule has 2 N–H and O–H groups in total. The van der Waals surface area contributed by atoms with Crippen molar-refractivity contribution in [3.05, 3.63) is 0 Å². The zero-order chi connectivity index (χ0) is 15.5. The molecule has 0 radical (unpaired) electrons. The molecule has 0 bridgehead atoms. The fourth-order valence-corrected chi connectivity index (χ4v) is 2.06. The maximum Gasteiger partial charge on any atom is 0.243 e. The van der Waals surface area contributed by atoms with E-state index >= 15 is 0 Å². The van der Waals surface area contributed by atoms with Gasteiger partial charge < -0.3 is 20.3 Å². The first-order valence-corrected chi connectivity index (χ1v) is 7.97. The molecule has 1 unspecified atom stereocenters. The predicted octanol–water partition coefficient (Wildman–Crippen LogP) is 0.979. The summed E-state index contributed by atoms with van der Waals surface area (Å²) in [5.74, 6) is 0.707. The van der Waals surface area contributed by atoms with Gasteiger partial charge in [0.1, 0.15) is 6.54 Å². The minimum Gasteiger partial charge on any atom is -0.376 e. The molecular weight excluding hydrogens is 268 g/mol. The summed E-state index contributed by atoms with van der Waals surface area (Å²) in [4.78, 5) is 17.5. The third kappa shape index (κ3) is 7.90. The lowest BCUT2D eigenvalue weighted by atomic mass is 10.2. The van der Waals surface area contributed by atoms with Crippen LogP contribution in [0.5, 0.6) is 0 Å². The lowest BCUT2D eigenvalue weighted by molar-refractivity contribution is -0.127. The second kappa shape index (κ2) is 10.4. The van der Waals surface area contributed by atoms with Gasteiger partial charge in [0.15, 0.2) is 5.96 Å². The van der Waals surface area contributed by atoms with Crippen LogP contribution in [0.2, 0.25) is 0 Å². The number of nitrogens with one attached hydrogen (secondary N) is 2. The lowest BCUT2D eigenvalue weighted by Gasteiger charge is -2.16. The monoisotopic (exact) mass is 298 g/mol. The highest BCUT2D eigenvalue weighted by Crippen LogP contribution is 2.10. The van der Waals surface area contributed by atoms with E-state index in [4.69, 9.17) is 4.74 Å². The summed E-state index contributed by atoms with van der Waals surface area (Å²) in [6.45, 7) is 4.82. The molecule has 0 aromatic rings. The van der Waals surface area contributed by atoms with E-state index in [2.05, 4.69) is 22.5 Å². The molecule has 0 aromatic carbocycles. The summed E-state index contributed by atoms with van der Waals surface area (Å²) in [5.41, 5.74) is 0. The minimum atomic E-state index is 0.00164. The number of unbranched alkanes of at least 4 members (excludes halogenated alkanes) is 2. The van der Waals surface area contributed by atoms with Crippen LogP contribution in [-0.4, -0.2) is 63.2 Å². The Labute approximate surface area is 128 Å². The number of guanidine groups is 1. The van der Waals surface area contributed by atoms with Crippen LogP contribution in [0.15, 0.2) is 4.99 Å². The number of hydrogen-bond acceptors (Lipinski definition) is 3. The zero-order valence-electron chi connectivity index (χ0n) is 13.7. The molecule has 0 aliphatic carbocycles. The number of rotatable bonds is 8. The van der Waals surface area contributed by atoms with Crippen LogP contribution in [0.1, 0.15) is 39.0 Å². The molecule has 0 saturated carbocycles. The Bertz CT molecular complexity index is 326. The number of ether oxygens (including phenoxy) is 1. The molecule has 1 heterocycles. The van der Waals surface area contributed by atoms with E-state index in [9.17, 15) is 4.79 Å². The third-order valence-corrected chi connectivity index (χ3v) is 3.47. The van der Waals surface area contributed by atoms with Crippen molar-refractivity contribution in [3.63, 3.8) is 0 Å². The van der Waals surface area contributed by atoms with E-state index in [-0.39, 0.29) is 18.6 Å². The highest BCUT2D eigenvalue weighted by Gasteiger charge is 2.15. The van der Waals surface area contributed by atoms with Gasteiger partial charge in [0.25, 0.3) is 0 Å². The third-order valence-electron chi connectivity index (χ3n) is 3.47. The van der Waals surface area contributed by atoms with Crippen LogP contribution in [0.25, 0.3) is 0 Å². The van der Waals surface area contributed by atoms with Crippen LogP contribution in [0.3, 0.4) is 0 Å². The van der Waals surface area contributed by atoms with Crippen molar-refractivity contribution < 1.29 is 9.53 Å². The van der Waals surface area contributed by atoms with Crippen LogP contribution in [0, 0.1) is 0 Å². The van der Waals surface area contributed by atoms with Crippen molar-refractivity contribution in [2.24, 2.45) is 4.99 Å². The van der Waals surface area contributed by atoms with Crippen molar-refractivity contribution in [1.82, 2.24) is 15.5 Å². The summed E-state index contributed by atoms with van der Waals surface area (Å²) in [6.07, 6.45) is 5.98. The minimum absolute atomic E-state index is 0.00164. The Balaban J connectivity index is 2.39. The smallest absolute Gasteiger partial charge is 0.243 e. The molecule has 6 nitrogen and oxygen atoms in total. The Morgan fingerprint density at radius 1 is 1.33 bits per heavy atom. The van der Waals surface area contributed by atoms with Gasteiger partial charge in [-0.3, -0.25) is 4.79 Å². The van der Waals surface area contributed by atoms with E-state index in [1.54, 1.807) is 19.0 Å². The highest BCUT2D eigenvalue weighted by molar-refractivity contribution is 5.84.